The Balaban J connectivity index is 1.91. The van der Waals surface area contributed by atoms with Crippen molar-refractivity contribution < 1.29 is 24.2 Å². The number of ether oxygens (including phenoxy) is 1. The maximum atomic E-state index is 13.4. The van der Waals surface area contributed by atoms with Crippen molar-refractivity contribution in [3.8, 4) is 5.75 Å². The zero-order valence-corrected chi connectivity index (χ0v) is 18.9. The molecule has 0 bridgehead atoms. The van der Waals surface area contributed by atoms with Gasteiger partial charge in [0.25, 0.3) is 0 Å². The number of carbonyl (C=O) groups is 3. The number of carboxylic acid groups (broad SMARTS) is 1. The highest BCUT2D eigenvalue weighted by molar-refractivity contribution is 6.33. The van der Waals surface area contributed by atoms with Crippen LogP contribution in [0, 0.1) is 5.41 Å². The molecule has 7 heteroatoms. The van der Waals surface area contributed by atoms with Gasteiger partial charge < -0.3 is 9.84 Å². The molecule has 2 aromatic rings. The van der Waals surface area contributed by atoms with E-state index in [-0.39, 0.29) is 40.0 Å². The second-order valence-corrected chi connectivity index (χ2v) is 9.44. The molecule has 2 aromatic carbocycles. The van der Waals surface area contributed by atoms with Crippen LogP contribution in [0.4, 0.5) is 5.69 Å². The summed E-state index contributed by atoms with van der Waals surface area (Å²) in [6.07, 6.45) is 1.00. The normalized spacial score (nSPS) is 20.2. The number of benzene rings is 2. The Morgan fingerprint density at radius 3 is 2.59 bits per heavy atom. The van der Waals surface area contributed by atoms with E-state index in [1.54, 1.807) is 13.2 Å². The van der Waals surface area contributed by atoms with Gasteiger partial charge in [0, 0.05) is 35.7 Å². The first-order valence-corrected chi connectivity index (χ1v) is 10.7. The van der Waals surface area contributed by atoms with Gasteiger partial charge in [0.15, 0.2) is 5.78 Å². The zero-order chi connectivity index (χ0) is 23.2. The fraction of sp³-hybridized carbons (Fsp3) is 0.320. The quantitative estimate of drug-likeness (QED) is 0.686. The van der Waals surface area contributed by atoms with Crippen molar-refractivity contribution >= 4 is 34.9 Å². The van der Waals surface area contributed by atoms with Crippen LogP contribution in [0.1, 0.15) is 54.9 Å². The fourth-order valence-corrected chi connectivity index (χ4v) is 4.87. The molecule has 4 rings (SSSR count). The molecule has 0 saturated carbocycles. The molecule has 1 atom stereocenters. The molecule has 166 valence electrons. The molecule has 1 N–H and O–H groups in total. The van der Waals surface area contributed by atoms with Crippen LogP contribution in [-0.2, 0) is 9.59 Å². The topological polar surface area (TPSA) is 83.9 Å². The Morgan fingerprint density at radius 2 is 1.91 bits per heavy atom. The Labute approximate surface area is 191 Å². The molecule has 0 radical (unpaired) electrons. The molecular formula is C25H24ClNO5. The monoisotopic (exact) mass is 453 g/mol. The van der Waals surface area contributed by atoms with Crippen LogP contribution in [0.2, 0.25) is 5.02 Å². The van der Waals surface area contributed by atoms with Gasteiger partial charge in [0.1, 0.15) is 5.75 Å². The summed E-state index contributed by atoms with van der Waals surface area (Å²) in [6, 6.07) is 11.9. The van der Waals surface area contributed by atoms with Crippen molar-refractivity contribution in [3.63, 3.8) is 0 Å². The average Bonchev–Trinajstić information content (AvgIpc) is 2.72. The van der Waals surface area contributed by atoms with E-state index < -0.39 is 5.97 Å². The number of amides is 1. The van der Waals surface area contributed by atoms with Crippen LogP contribution in [0.5, 0.6) is 5.75 Å². The number of hydrogen-bond donors (Lipinski definition) is 1. The molecule has 6 nitrogen and oxygen atoms in total. The lowest BCUT2D eigenvalue weighted by Gasteiger charge is -2.43. The van der Waals surface area contributed by atoms with Crippen molar-refractivity contribution in [2.75, 3.05) is 12.0 Å². The molecule has 1 aliphatic heterocycles. The van der Waals surface area contributed by atoms with E-state index in [1.807, 2.05) is 38.1 Å². The molecule has 0 aromatic heterocycles. The van der Waals surface area contributed by atoms with Crippen molar-refractivity contribution in [3.05, 3.63) is 69.9 Å². The van der Waals surface area contributed by atoms with E-state index in [1.165, 1.54) is 17.0 Å². The van der Waals surface area contributed by atoms with Crippen LogP contribution >= 0.6 is 11.6 Å². The third-order valence-electron chi connectivity index (χ3n) is 6.08. The second kappa shape index (κ2) is 8.10. The van der Waals surface area contributed by atoms with Gasteiger partial charge in [-0.15, -0.1) is 0 Å². The van der Waals surface area contributed by atoms with Gasteiger partial charge in [-0.1, -0.05) is 37.6 Å². The lowest BCUT2D eigenvalue weighted by Crippen LogP contribution is -2.43. The average molecular weight is 454 g/mol. The Bertz CT molecular complexity index is 1170. The minimum absolute atomic E-state index is 0.00833. The Hall–Kier alpha value is -3.12. The molecule has 0 saturated heterocycles. The predicted octanol–water partition coefficient (Wildman–Crippen LogP) is 5.21. The summed E-state index contributed by atoms with van der Waals surface area (Å²) in [5, 5.41) is 9.58. The first-order chi connectivity index (χ1) is 15.1. The number of carboxylic acids is 1. The zero-order valence-electron chi connectivity index (χ0n) is 18.1. The number of nitrogens with zero attached hydrogens (tertiary/aromatic N) is 1. The van der Waals surface area contributed by atoms with Crippen molar-refractivity contribution in [1.82, 2.24) is 0 Å². The Morgan fingerprint density at radius 1 is 1.16 bits per heavy atom. The van der Waals surface area contributed by atoms with Crippen LogP contribution in [-0.4, -0.2) is 29.9 Å². The standard InChI is InChI=1S/C25H24ClNO5/c1-25(2)12-20-23(21(28)13-25)17(14-5-4-6-16(9-14)32-3)11-22(29)27(20)15-7-8-19(26)18(10-15)24(30)31/h4-10,17H,11-13H2,1-3H3,(H,30,31). The second-order valence-electron chi connectivity index (χ2n) is 9.03. The molecule has 1 amide bonds. The minimum atomic E-state index is -1.18. The summed E-state index contributed by atoms with van der Waals surface area (Å²) >= 11 is 6.04. The molecule has 0 fully saturated rings. The third kappa shape index (κ3) is 3.91. The predicted molar refractivity (Wildman–Crippen MR) is 121 cm³/mol. The number of ketones is 1. The first kappa shape index (κ1) is 22.1. The number of Topliss-reactive ketones (excluding diaryl/α,β-unsaturated/α-hetero) is 1. The number of anilines is 1. The number of halogens is 1. The van der Waals surface area contributed by atoms with Gasteiger partial charge >= 0.3 is 5.97 Å². The van der Waals surface area contributed by atoms with Crippen molar-refractivity contribution in [1.29, 1.82) is 0 Å². The molecule has 1 heterocycles. The van der Waals surface area contributed by atoms with Gasteiger partial charge in [-0.2, -0.15) is 0 Å². The van der Waals surface area contributed by atoms with Crippen molar-refractivity contribution in [2.24, 2.45) is 5.41 Å². The lowest BCUT2D eigenvalue weighted by atomic mass is 9.69. The third-order valence-corrected chi connectivity index (χ3v) is 6.41. The highest BCUT2D eigenvalue weighted by Gasteiger charge is 2.44. The molecule has 32 heavy (non-hydrogen) atoms. The summed E-state index contributed by atoms with van der Waals surface area (Å²) in [7, 11) is 1.58. The molecule has 1 unspecified atom stereocenters. The molecule has 0 spiro atoms. The van der Waals surface area contributed by atoms with Crippen LogP contribution in [0.15, 0.2) is 53.7 Å². The lowest BCUT2D eigenvalue weighted by molar-refractivity contribution is -0.121. The fourth-order valence-electron chi connectivity index (χ4n) is 4.67. The van der Waals surface area contributed by atoms with Gasteiger partial charge in [0.2, 0.25) is 5.91 Å². The maximum Gasteiger partial charge on any atom is 0.337 e. The Kier molecular flexibility index (Phi) is 5.59. The number of allylic oxidation sites excluding steroid dienone is 2. The SMILES string of the molecule is COc1cccc(C2CC(=O)N(c3ccc(Cl)c(C(=O)O)c3)C3=C2C(=O)CC(C)(C)C3)c1. The van der Waals surface area contributed by atoms with E-state index in [2.05, 4.69) is 0 Å². The van der Waals surface area contributed by atoms with E-state index in [0.717, 1.165) is 5.56 Å². The molecule has 1 aliphatic carbocycles. The van der Waals surface area contributed by atoms with E-state index >= 15 is 0 Å². The van der Waals surface area contributed by atoms with Crippen LogP contribution in [0.25, 0.3) is 0 Å². The van der Waals surface area contributed by atoms with Gasteiger partial charge in [0.05, 0.1) is 17.7 Å². The van der Waals surface area contributed by atoms with E-state index in [4.69, 9.17) is 16.3 Å². The summed E-state index contributed by atoms with van der Waals surface area (Å²) in [6.45, 7) is 3.99. The summed E-state index contributed by atoms with van der Waals surface area (Å²) in [5.41, 5.74) is 2.08. The van der Waals surface area contributed by atoms with Gasteiger partial charge in [-0.25, -0.2) is 4.79 Å². The number of carbonyl (C=O) groups excluding carboxylic acids is 2. The van der Waals surface area contributed by atoms with Gasteiger partial charge in [-0.3, -0.25) is 14.5 Å². The maximum absolute atomic E-state index is 13.4. The van der Waals surface area contributed by atoms with E-state index in [0.29, 0.717) is 35.5 Å². The van der Waals surface area contributed by atoms with Crippen molar-refractivity contribution in [2.45, 2.75) is 39.0 Å². The first-order valence-electron chi connectivity index (χ1n) is 10.4. The number of rotatable bonds is 4. The summed E-state index contributed by atoms with van der Waals surface area (Å²) < 4.78 is 5.34. The largest absolute Gasteiger partial charge is 0.497 e. The highest BCUT2D eigenvalue weighted by Crippen LogP contribution is 2.48. The van der Waals surface area contributed by atoms with Crippen LogP contribution in [0.3, 0.4) is 0 Å². The number of hydrogen-bond acceptors (Lipinski definition) is 4. The molecular weight excluding hydrogens is 430 g/mol. The number of aromatic carboxylic acids is 1. The highest BCUT2D eigenvalue weighted by atomic mass is 35.5. The van der Waals surface area contributed by atoms with Gasteiger partial charge in [-0.05, 0) is 47.7 Å². The number of methoxy groups -OCH3 is 1. The molecule has 2 aliphatic rings. The summed E-state index contributed by atoms with van der Waals surface area (Å²) in [5.74, 6) is -1.08. The minimum Gasteiger partial charge on any atom is -0.497 e. The smallest absolute Gasteiger partial charge is 0.337 e. The van der Waals surface area contributed by atoms with E-state index in [9.17, 15) is 19.5 Å². The summed E-state index contributed by atoms with van der Waals surface area (Å²) in [4.78, 5) is 39.9. The van der Waals surface area contributed by atoms with Crippen LogP contribution < -0.4 is 9.64 Å².